The van der Waals surface area contributed by atoms with Gasteiger partial charge in [0.25, 0.3) is 0 Å². The molecular formula is C11H13O. The minimum atomic E-state index is 0.661. The largest absolute Gasteiger partial charge is 0.497 e. The molecule has 0 saturated heterocycles. The van der Waals surface area contributed by atoms with Crippen molar-refractivity contribution in [2.45, 2.75) is 12.8 Å². The molecule has 1 rings (SSSR count). The van der Waals surface area contributed by atoms with Crippen LogP contribution in [0.1, 0.15) is 12.8 Å². The van der Waals surface area contributed by atoms with Crippen LogP contribution in [-0.4, -0.2) is 6.61 Å². The zero-order chi connectivity index (χ0) is 8.65. The van der Waals surface area contributed by atoms with Gasteiger partial charge in [0.2, 0.25) is 0 Å². The molecule has 0 aliphatic carbocycles. The van der Waals surface area contributed by atoms with Crippen LogP contribution >= 0.6 is 0 Å². The molecule has 1 heterocycles. The first-order chi connectivity index (χ1) is 5.93. The van der Waals surface area contributed by atoms with E-state index in [0.29, 0.717) is 6.61 Å². The average molecular weight is 161 g/mol. The van der Waals surface area contributed by atoms with Crippen molar-refractivity contribution in [1.29, 1.82) is 0 Å². The first-order valence-electron chi connectivity index (χ1n) is 4.11. The molecule has 0 fully saturated rings. The van der Waals surface area contributed by atoms with Gasteiger partial charge in [-0.05, 0) is 36.6 Å². The Morgan fingerprint density at radius 1 is 1.58 bits per heavy atom. The van der Waals surface area contributed by atoms with Crippen molar-refractivity contribution >= 4 is 0 Å². The van der Waals surface area contributed by atoms with Crippen LogP contribution in [0.3, 0.4) is 0 Å². The van der Waals surface area contributed by atoms with E-state index in [1.807, 2.05) is 24.3 Å². The Balaban J connectivity index is 2.29. The molecule has 0 atom stereocenters. The lowest BCUT2D eigenvalue weighted by atomic mass is 10.2. The molecule has 1 heteroatoms. The highest BCUT2D eigenvalue weighted by molar-refractivity contribution is 5.26. The highest BCUT2D eigenvalue weighted by Crippen LogP contribution is 2.04. The van der Waals surface area contributed by atoms with E-state index in [2.05, 4.69) is 12.7 Å². The van der Waals surface area contributed by atoms with Crippen LogP contribution in [0.4, 0.5) is 0 Å². The lowest BCUT2D eigenvalue weighted by Crippen LogP contribution is -1.89. The predicted molar refractivity (Wildman–Crippen MR) is 50.4 cm³/mol. The Morgan fingerprint density at radius 2 is 2.50 bits per heavy atom. The molecule has 63 valence electrons. The molecule has 1 radical (unpaired) electrons. The van der Waals surface area contributed by atoms with Gasteiger partial charge < -0.3 is 4.74 Å². The van der Waals surface area contributed by atoms with E-state index in [0.717, 1.165) is 18.4 Å². The second kappa shape index (κ2) is 5.42. The summed E-state index contributed by atoms with van der Waals surface area (Å²) in [6.07, 6.45) is 14.8. The Hall–Kier alpha value is -1.24. The Labute approximate surface area is 73.7 Å². The normalized spacial score (nSPS) is 15.8. The smallest absolute Gasteiger partial charge is 0.106 e. The molecule has 0 aromatic carbocycles. The molecular weight excluding hydrogens is 148 g/mol. The lowest BCUT2D eigenvalue weighted by Gasteiger charge is -2.02. The SMILES string of the molecule is C=CCC/C=[C]\C1=CCOC=C1. The first kappa shape index (κ1) is 8.85. The van der Waals surface area contributed by atoms with Gasteiger partial charge in [-0.2, -0.15) is 0 Å². The van der Waals surface area contributed by atoms with Crippen molar-refractivity contribution in [3.8, 4) is 0 Å². The number of rotatable bonds is 4. The summed E-state index contributed by atoms with van der Waals surface area (Å²) in [4.78, 5) is 0. The van der Waals surface area contributed by atoms with Gasteiger partial charge in [0.15, 0.2) is 0 Å². The standard InChI is InChI=1S/C11H13O/c1-2-3-4-5-6-11-7-9-12-10-8-11/h2,5,7-9H,1,3-4,10H2. The van der Waals surface area contributed by atoms with E-state index in [9.17, 15) is 0 Å². The van der Waals surface area contributed by atoms with Crippen molar-refractivity contribution in [3.63, 3.8) is 0 Å². The third-order valence-electron chi connectivity index (χ3n) is 1.53. The Bertz CT molecular complexity index is 221. The zero-order valence-electron chi connectivity index (χ0n) is 7.12. The number of unbranched alkanes of at least 4 members (excludes halogenated alkanes) is 1. The summed E-state index contributed by atoms with van der Waals surface area (Å²) in [6, 6.07) is 0. The molecule has 0 amide bonds. The Morgan fingerprint density at radius 3 is 3.17 bits per heavy atom. The van der Waals surface area contributed by atoms with Crippen molar-refractivity contribution in [3.05, 3.63) is 48.8 Å². The summed E-state index contributed by atoms with van der Waals surface area (Å²) in [5.41, 5.74) is 1.10. The average Bonchev–Trinajstić information content (AvgIpc) is 2.14. The summed E-state index contributed by atoms with van der Waals surface area (Å²) in [5.74, 6) is 0. The van der Waals surface area contributed by atoms with Crippen molar-refractivity contribution in [2.75, 3.05) is 6.61 Å². The minimum absolute atomic E-state index is 0.661. The summed E-state index contributed by atoms with van der Waals surface area (Å²) in [5, 5.41) is 0. The van der Waals surface area contributed by atoms with Crippen LogP contribution in [0.15, 0.2) is 42.7 Å². The van der Waals surface area contributed by atoms with E-state index in [1.165, 1.54) is 0 Å². The molecule has 1 aliphatic rings. The van der Waals surface area contributed by atoms with Gasteiger partial charge in [-0.15, -0.1) is 6.58 Å². The fourth-order valence-corrected chi connectivity index (χ4v) is 0.881. The van der Waals surface area contributed by atoms with Crippen LogP contribution in [0, 0.1) is 6.08 Å². The number of allylic oxidation sites excluding steroid dienone is 5. The number of hydrogen-bond acceptors (Lipinski definition) is 1. The summed E-state index contributed by atoms with van der Waals surface area (Å²) in [6.45, 7) is 4.31. The van der Waals surface area contributed by atoms with Crippen molar-refractivity contribution in [2.24, 2.45) is 0 Å². The van der Waals surface area contributed by atoms with Gasteiger partial charge >= 0.3 is 0 Å². The topological polar surface area (TPSA) is 9.23 Å². The van der Waals surface area contributed by atoms with Crippen molar-refractivity contribution < 1.29 is 4.74 Å². The molecule has 12 heavy (non-hydrogen) atoms. The monoisotopic (exact) mass is 161 g/mol. The van der Waals surface area contributed by atoms with Gasteiger partial charge in [-0.1, -0.05) is 12.2 Å². The van der Waals surface area contributed by atoms with Gasteiger partial charge in [-0.25, -0.2) is 0 Å². The Kier molecular flexibility index (Phi) is 4.00. The van der Waals surface area contributed by atoms with E-state index < -0.39 is 0 Å². The van der Waals surface area contributed by atoms with Crippen LogP contribution in [0.25, 0.3) is 0 Å². The van der Waals surface area contributed by atoms with E-state index in [4.69, 9.17) is 4.74 Å². The van der Waals surface area contributed by atoms with Crippen LogP contribution in [0.2, 0.25) is 0 Å². The fourth-order valence-electron chi connectivity index (χ4n) is 0.881. The van der Waals surface area contributed by atoms with Crippen molar-refractivity contribution in [1.82, 2.24) is 0 Å². The zero-order valence-corrected chi connectivity index (χ0v) is 7.12. The van der Waals surface area contributed by atoms with Crippen LogP contribution < -0.4 is 0 Å². The molecule has 0 saturated carbocycles. The quantitative estimate of drug-likeness (QED) is 0.455. The highest BCUT2D eigenvalue weighted by Gasteiger charge is 1.91. The molecule has 0 spiro atoms. The fraction of sp³-hybridized carbons (Fsp3) is 0.273. The minimum Gasteiger partial charge on any atom is -0.497 e. The van der Waals surface area contributed by atoms with E-state index >= 15 is 0 Å². The third kappa shape index (κ3) is 3.24. The lowest BCUT2D eigenvalue weighted by molar-refractivity contribution is 0.284. The molecule has 0 unspecified atom stereocenters. The van der Waals surface area contributed by atoms with E-state index in [-0.39, 0.29) is 0 Å². The second-order valence-electron chi connectivity index (χ2n) is 2.51. The maximum absolute atomic E-state index is 5.00. The third-order valence-corrected chi connectivity index (χ3v) is 1.53. The molecule has 0 N–H and O–H groups in total. The maximum Gasteiger partial charge on any atom is 0.106 e. The molecule has 0 bridgehead atoms. The number of hydrogen-bond donors (Lipinski definition) is 0. The molecule has 0 aromatic rings. The predicted octanol–water partition coefficient (Wildman–Crippen LogP) is 2.78. The maximum atomic E-state index is 5.00. The van der Waals surface area contributed by atoms with Crippen LogP contribution in [-0.2, 0) is 4.74 Å². The van der Waals surface area contributed by atoms with Gasteiger partial charge in [0.05, 0.1) is 6.26 Å². The summed E-state index contributed by atoms with van der Waals surface area (Å²) >= 11 is 0. The highest BCUT2D eigenvalue weighted by atomic mass is 16.5. The molecule has 1 aliphatic heterocycles. The number of ether oxygens (including phenoxy) is 1. The first-order valence-corrected chi connectivity index (χ1v) is 4.11. The summed E-state index contributed by atoms with van der Waals surface area (Å²) < 4.78 is 5.00. The van der Waals surface area contributed by atoms with Gasteiger partial charge in [0, 0.05) is 0 Å². The van der Waals surface area contributed by atoms with Gasteiger partial charge in [0.1, 0.15) is 6.61 Å². The molecule has 1 nitrogen and oxygen atoms in total. The second-order valence-corrected chi connectivity index (χ2v) is 2.51. The van der Waals surface area contributed by atoms with E-state index in [1.54, 1.807) is 6.26 Å². The van der Waals surface area contributed by atoms with Gasteiger partial charge in [-0.3, -0.25) is 0 Å². The molecule has 0 aromatic heterocycles. The summed E-state index contributed by atoms with van der Waals surface area (Å²) in [7, 11) is 0. The van der Waals surface area contributed by atoms with Crippen LogP contribution in [0.5, 0.6) is 0 Å².